The van der Waals surface area contributed by atoms with Crippen molar-refractivity contribution < 1.29 is 9.13 Å². The van der Waals surface area contributed by atoms with Crippen LogP contribution in [0.3, 0.4) is 0 Å². The van der Waals surface area contributed by atoms with E-state index in [1.165, 1.54) is 12.1 Å². The van der Waals surface area contributed by atoms with Crippen LogP contribution in [0.2, 0.25) is 0 Å². The van der Waals surface area contributed by atoms with Crippen LogP contribution in [-0.4, -0.2) is 32.8 Å². The molecule has 0 spiro atoms. The van der Waals surface area contributed by atoms with Crippen LogP contribution in [-0.2, 0) is 5.54 Å². The van der Waals surface area contributed by atoms with Gasteiger partial charge < -0.3 is 14.3 Å². The Labute approximate surface area is 203 Å². The van der Waals surface area contributed by atoms with E-state index in [2.05, 4.69) is 15.0 Å². The van der Waals surface area contributed by atoms with Crippen molar-refractivity contribution in [3.05, 3.63) is 98.9 Å². The number of nitrogens with zero attached hydrogens (tertiary/aromatic N) is 4. The molecule has 1 N–H and O–H groups in total. The van der Waals surface area contributed by atoms with Crippen molar-refractivity contribution in [3.63, 3.8) is 0 Å². The van der Waals surface area contributed by atoms with Crippen molar-refractivity contribution >= 4 is 6.08 Å². The van der Waals surface area contributed by atoms with Gasteiger partial charge in [0, 0.05) is 12.7 Å². The van der Waals surface area contributed by atoms with E-state index >= 15 is 0 Å². The number of aryl methyl sites for hydroxylation is 1. The van der Waals surface area contributed by atoms with E-state index in [-0.39, 0.29) is 11.4 Å². The Morgan fingerprint density at radius 1 is 1.17 bits per heavy atom. The van der Waals surface area contributed by atoms with Crippen molar-refractivity contribution in [1.29, 1.82) is 0 Å². The monoisotopic (exact) mass is 475 g/mol. The molecule has 1 aliphatic rings. The summed E-state index contributed by atoms with van der Waals surface area (Å²) in [6.45, 7) is 8.48. The second-order valence-corrected chi connectivity index (χ2v) is 8.41. The van der Waals surface area contributed by atoms with Crippen LogP contribution in [0.1, 0.15) is 44.0 Å². The number of imidazole rings is 2. The van der Waals surface area contributed by atoms with Crippen molar-refractivity contribution in [2.45, 2.75) is 39.7 Å². The summed E-state index contributed by atoms with van der Waals surface area (Å²) >= 11 is 0. The molecule has 1 aliphatic heterocycles. The molecule has 2 aromatic carbocycles. The number of H-pyrrole nitrogens is 1. The summed E-state index contributed by atoms with van der Waals surface area (Å²) in [4.78, 5) is 25.4. The highest BCUT2D eigenvalue weighted by Crippen LogP contribution is 2.29. The first-order chi connectivity index (χ1) is 16.9. The van der Waals surface area contributed by atoms with Crippen LogP contribution >= 0.6 is 0 Å². The van der Waals surface area contributed by atoms with Crippen molar-refractivity contribution in [2.75, 3.05) is 13.7 Å². The number of hydrogen-bond donors (Lipinski definition) is 1. The van der Waals surface area contributed by atoms with Crippen molar-refractivity contribution in [3.8, 4) is 11.4 Å². The highest BCUT2D eigenvalue weighted by atomic mass is 19.1. The molecule has 7 nitrogen and oxygen atoms in total. The Hall–Kier alpha value is -3.94. The number of rotatable bonds is 4. The molecule has 4 aromatic rings. The molecular weight excluding hydrogens is 445 g/mol. The second-order valence-electron chi connectivity index (χ2n) is 8.41. The lowest BCUT2D eigenvalue weighted by atomic mass is 9.87. The van der Waals surface area contributed by atoms with Gasteiger partial charge in [-0.15, -0.1) is 0 Å². The molecule has 0 bridgehead atoms. The number of ether oxygens (including phenoxy) is 1. The lowest BCUT2D eigenvalue weighted by Crippen LogP contribution is -2.49. The standard InChI is InChI=1S/C25H24FN5O2.C2H6/c1-16-14-30(15-28-16)21-9-4-17(13-22(21)33-3)12-20-23(32)31-24(29-20)27-11-10-25(31,2)18-5-7-19(26)8-6-18;1-2/h4-9,12-15H,10-11H2,1-3H3,(H,27,29);1-2H3/b20-12-;. The predicted molar refractivity (Wildman–Crippen MR) is 134 cm³/mol. The van der Waals surface area contributed by atoms with E-state index in [4.69, 9.17) is 4.74 Å². The smallest absolute Gasteiger partial charge is 0.277 e. The minimum absolute atomic E-state index is 0.173. The summed E-state index contributed by atoms with van der Waals surface area (Å²) in [7, 11) is 1.61. The summed E-state index contributed by atoms with van der Waals surface area (Å²) in [6, 6.07) is 12.0. The first-order valence-electron chi connectivity index (χ1n) is 11.7. The Balaban J connectivity index is 0.00000141. The van der Waals surface area contributed by atoms with Gasteiger partial charge in [0.2, 0.25) is 5.62 Å². The zero-order valence-electron chi connectivity index (χ0n) is 20.7. The van der Waals surface area contributed by atoms with Gasteiger partial charge in [-0.25, -0.2) is 9.37 Å². The topological polar surface area (TPSA) is 77.2 Å². The maximum absolute atomic E-state index is 13.5. The summed E-state index contributed by atoms with van der Waals surface area (Å²) in [5.74, 6) is 0.361. The first-order valence-corrected chi connectivity index (χ1v) is 11.7. The molecular formula is C27H30FN5O2. The van der Waals surface area contributed by atoms with Gasteiger partial charge >= 0.3 is 0 Å². The van der Waals surface area contributed by atoms with Gasteiger partial charge in [-0.1, -0.05) is 32.0 Å². The molecule has 3 heterocycles. The Morgan fingerprint density at radius 3 is 2.57 bits per heavy atom. The molecule has 1 atom stereocenters. The lowest BCUT2D eigenvalue weighted by Gasteiger charge is -2.32. The van der Waals surface area contributed by atoms with Gasteiger partial charge in [0.25, 0.3) is 5.56 Å². The zero-order valence-corrected chi connectivity index (χ0v) is 20.7. The molecule has 5 rings (SSSR count). The fourth-order valence-corrected chi connectivity index (χ4v) is 4.40. The number of fused-ring (bicyclic) bond motifs is 1. The van der Waals surface area contributed by atoms with E-state index in [0.717, 1.165) is 22.5 Å². The molecule has 1 unspecified atom stereocenters. The van der Waals surface area contributed by atoms with Crippen LogP contribution in [0, 0.1) is 12.7 Å². The number of hydrogen-bond acceptors (Lipinski definition) is 4. The normalized spacial score (nSPS) is 17.3. The molecule has 0 saturated carbocycles. The first kappa shape index (κ1) is 24.2. The Bertz CT molecular complexity index is 1510. The van der Waals surface area contributed by atoms with Crippen LogP contribution in [0.25, 0.3) is 11.8 Å². The third-order valence-corrected chi connectivity index (χ3v) is 6.22. The molecule has 0 saturated heterocycles. The number of halogens is 1. The number of nitrogens with one attached hydrogen (secondary N) is 1. The fourth-order valence-electron chi connectivity index (χ4n) is 4.40. The van der Waals surface area contributed by atoms with Crippen LogP contribution in [0.5, 0.6) is 5.75 Å². The predicted octanol–water partition coefficient (Wildman–Crippen LogP) is 3.46. The summed E-state index contributed by atoms with van der Waals surface area (Å²) in [5, 5.41) is 0.428. The van der Waals surface area contributed by atoms with Crippen molar-refractivity contribution in [1.82, 2.24) is 19.1 Å². The van der Waals surface area contributed by atoms with Crippen LogP contribution in [0.15, 0.2) is 64.8 Å². The molecule has 35 heavy (non-hydrogen) atoms. The molecule has 0 amide bonds. The summed E-state index contributed by atoms with van der Waals surface area (Å²) in [6.07, 6.45) is 6.10. The second kappa shape index (κ2) is 9.74. The lowest BCUT2D eigenvalue weighted by molar-refractivity contribution is 0.323. The van der Waals surface area contributed by atoms with Gasteiger partial charge in [0.05, 0.1) is 30.4 Å². The van der Waals surface area contributed by atoms with Crippen LogP contribution in [0.4, 0.5) is 4.39 Å². The Morgan fingerprint density at radius 2 is 1.91 bits per heavy atom. The van der Waals surface area contributed by atoms with E-state index in [1.807, 2.05) is 56.7 Å². The summed E-state index contributed by atoms with van der Waals surface area (Å²) in [5.41, 5.74) is 3.17. The van der Waals surface area contributed by atoms with Gasteiger partial charge in [0.15, 0.2) is 0 Å². The molecule has 0 radical (unpaired) electrons. The minimum Gasteiger partial charge on any atom is -0.495 e. The SMILES string of the molecule is CC.COc1cc(/C=c2\[nH]c3n(c2=O)C(C)(c2ccc(F)cc2)CCN=3)ccc1-n1cnc(C)c1. The summed E-state index contributed by atoms with van der Waals surface area (Å²) < 4.78 is 22.6. The fraction of sp³-hybridized carbons (Fsp3) is 0.296. The maximum Gasteiger partial charge on any atom is 0.277 e. The third kappa shape index (κ3) is 4.43. The maximum atomic E-state index is 13.5. The highest BCUT2D eigenvalue weighted by Gasteiger charge is 2.34. The molecule has 0 aliphatic carbocycles. The van der Waals surface area contributed by atoms with Gasteiger partial charge in [-0.05, 0) is 61.7 Å². The molecule has 2 aromatic heterocycles. The number of methoxy groups -OCH3 is 1. The van der Waals surface area contributed by atoms with E-state index < -0.39 is 5.54 Å². The number of aromatic nitrogens is 4. The van der Waals surface area contributed by atoms with E-state index in [9.17, 15) is 9.18 Å². The highest BCUT2D eigenvalue weighted by molar-refractivity contribution is 5.58. The van der Waals surface area contributed by atoms with Gasteiger partial charge in [-0.2, -0.15) is 0 Å². The molecule has 8 heteroatoms. The van der Waals surface area contributed by atoms with Gasteiger partial charge in [-0.3, -0.25) is 14.4 Å². The zero-order chi connectivity index (χ0) is 25.2. The largest absolute Gasteiger partial charge is 0.495 e. The number of aromatic amines is 1. The minimum atomic E-state index is -0.620. The van der Waals surface area contributed by atoms with E-state index in [0.29, 0.717) is 29.7 Å². The van der Waals surface area contributed by atoms with Crippen LogP contribution < -0.4 is 21.3 Å². The van der Waals surface area contributed by atoms with Crippen molar-refractivity contribution in [2.24, 2.45) is 4.99 Å². The quantitative estimate of drug-likeness (QED) is 0.491. The average molecular weight is 476 g/mol. The molecule has 0 fully saturated rings. The third-order valence-electron chi connectivity index (χ3n) is 6.22. The molecule has 182 valence electrons. The number of benzene rings is 2. The van der Waals surface area contributed by atoms with E-state index in [1.54, 1.807) is 36.2 Å². The van der Waals surface area contributed by atoms with Gasteiger partial charge in [0.1, 0.15) is 16.9 Å². The average Bonchev–Trinajstić information content (AvgIpc) is 3.44. The Kier molecular flexibility index (Phi) is 6.73.